The molecule has 3 aromatic rings. The van der Waals surface area contributed by atoms with Crippen LogP contribution in [0, 0.1) is 17.0 Å². The molecule has 0 saturated carbocycles. The summed E-state index contributed by atoms with van der Waals surface area (Å²) in [5, 5.41) is 15.2. The van der Waals surface area contributed by atoms with Gasteiger partial charge in [0.05, 0.1) is 17.1 Å². The van der Waals surface area contributed by atoms with Crippen LogP contribution >= 0.6 is 0 Å². The molecule has 1 aliphatic heterocycles. The first kappa shape index (κ1) is 23.5. The molecule has 0 bridgehead atoms. The van der Waals surface area contributed by atoms with E-state index >= 15 is 0 Å². The largest absolute Gasteiger partial charge is 0.455 e. The monoisotopic (exact) mass is 486 g/mol. The molecule has 1 aliphatic carbocycles. The van der Waals surface area contributed by atoms with Crippen LogP contribution in [0.25, 0.3) is 0 Å². The van der Waals surface area contributed by atoms with E-state index in [0.717, 1.165) is 35.2 Å². The predicted molar refractivity (Wildman–Crippen MR) is 134 cm³/mol. The molecule has 0 spiro atoms. The van der Waals surface area contributed by atoms with Gasteiger partial charge in [-0.3, -0.25) is 19.7 Å². The summed E-state index contributed by atoms with van der Waals surface area (Å²) < 4.78 is 6.10. The molecular formula is C27H26N4O5. The highest BCUT2D eigenvalue weighted by molar-refractivity contribution is 6.11. The summed E-state index contributed by atoms with van der Waals surface area (Å²) in [5.74, 6) is 0.533. The first-order chi connectivity index (χ1) is 17.3. The molecule has 9 nitrogen and oxygen atoms in total. The number of fused-ring (bicyclic) bond motifs is 2. The molecule has 0 fully saturated rings. The Kier molecular flexibility index (Phi) is 6.13. The van der Waals surface area contributed by atoms with Crippen LogP contribution in [0.15, 0.2) is 58.0 Å². The van der Waals surface area contributed by atoms with E-state index < -0.39 is 4.92 Å². The van der Waals surface area contributed by atoms with Crippen molar-refractivity contribution in [3.05, 3.63) is 92.4 Å². The zero-order chi connectivity index (χ0) is 25.4. The van der Waals surface area contributed by atoms with Crippen molar-refractivity contribution in [2.75, 3.05) is 4.90 Å². The lowest BCUT2D eigenvalue weighted by Crippen LogP contribution is -2.35. The number of amides is 2. The molecule has 5 rings (SSSR count). The third-order valence-electron chi connectivity index (χ3n) is 6.77. The third kappa shape index (κ3) is 4.28. The van der Waals surface area contributed by atoms with Gasteiger partial charge in [-0.1, -0.05) is 30.3 Å². The lowest BCUT2D eigenvalue weighted by Gasteiger charge is -2.21. The predicted octanol–water partition coefficient (Wildman–Crippen LogP) is 4.49. The van der Waals surface area contributed by atoms with E-state index in [1.165, 1.54) is 12.1 Å². The number of benzene rings is 2. The second-order valence-corrected chi connectivity index (χ2v) is 9.26. The van der Waals surface area contributed by atoms with Crippen molar-refractivity contribution >= 4 is 28.9 Å². The number of non-ortho nitro benzene ring substituents is 1. The highest BCUT2D eigenvalue weighted by Gasteiger charge is 2.36. The summed E-state index contributed by atoms with van der Waals surface area (Å²) in [6.45, 7) is 3.89. The lowest BCUT2D eigenvalue weighted by molar-refractivity contribution is -0.384. The minimum atomic E-state index is -0.480. The number of nitro groups is 1. The molecule has 1 atom stereocenters. The van der Waals surface area contributed by atoms with E-state index in [1.54, 1.807) is 17.0 Å². The summed E-state index contributed by atoms with van der Waals surface area (Å²) in [6, 6.07) is 13.8. The van der Waals surface area contributed by atoms with Crippen LogP contribution < -0.4 is 10.3 Å². The Morgan fingerprint density at radius 1 is 1.17 bits per heavy atom. The number of hydrazone groups is 1. The number of hydrogen-bond acceptors (Lipinski definition) is 6. The van der Waals surface area contributed by atoms with Crippen molar-refractivity contribution in [2.24, 2.45) is 5.10 Å². The highest BCUT2D eigenvalue weighted by Crippen LogP contribution is 2.36. The van der Waals surface area contributed by atoms with E-state index in [0.29, 0.717) is 35.6 Å². The van der Waals surface area contributed by atoms with Crippen molar-refractivity contribution in [3.63, 3.8) is 0 Å². The number of hydrogen-bond donors (Lipinski definition) is 1. The summed E-state index contributed by atoms with van der Waals surface area (Å²) in [6.07, 6.45) is 3.00. The average molecular weight is 487 g/mol. The number of nitro benzene ring substituents is 1. The Morgan fingerprint density at radius 2 is 1.92 bits per heavy atom. The second-order valence-electron chi connectivity index (χ2n) is 9.26. The maximum absolute atomic E-state index is 13.6. The van der Waals surface area contributed by atoms with E-state index in [4.69, 9.17) is 4.42 Å². The summed E-state index contributed by atoms with van der Waals surface area (Å²) in [4.78, 5) is 38.2. The zero-order valence-electron chi connectivity index (χ0n) is 20.1. The zero-order valence-corrected chi connectivity index (χ0v) is 20.1. The average Bonchev–Trinajstić information content (AvgIpc) is 3.39. The van der Waals surface area contributed by atoms with E-state index in [2.05, 4.69) is 10.5 Å². The second kappa shape index (κ2) is 9.41. The Morgan fingerprint density at radius 3 is 2.67 bits per heavy atom. The molecule has 9 heteroatoms. The Labute approximate surface area is 207 Å². The molecule has 36 heavy (non-hydrogen) atoms. The van der Waals surface area contributed by atoms with Crippen molar-refractivity contribution in [3.8, 4) is 0 Å². The maximum Gasteiger partial charge on any atom is 0.294 e. The molecule has 2 heterocycles. The van der Waals surface area contributed by atoms with E-state index in [1.807, 2.05) is 38.1 Å². The Hall–Kier alpha value is -4.27. The number of carbonyl (C=O) groups excluding carboxylic acids is 2. The van der Waals surface area contributed by atoms with Crippen LogP contribution in [0.5, 0.6) is 0 Å². The molecule has 1 aromatic heterocycles. The molecule has 0 saturated heterocycles. The van der Waals surface area contributed by atoms with Crippen molar-refractivity contribution in [2.45, 2.75) is 52.0 Å². The van der Waals surface area contributed by atoms with E-state index in [-0.39, 0.29) is 30.0 Å². The van der Waals surface area contributed by atoms with Gasteiger partial charge in [-0.2, -0.15) is 5.10 Å². The molecule has 2 aromatic carbocycles. The van der Waals surface area contributed by atoms with Crippen molar-refractivity contribution in [1.29, 1.82) is 0 Å². The van der Waals surface area contributed by atoms with Crippen LogP contribution in [0.4, 0.5) is 11.4 Å². The fourth-order valence-electron chi connectivity index (χ4n) is 5.06. The minimum Gasteiger partial charge on any atom is -0.455 e. The number of furan rings is 1. The molecular weight excluding hydrogens is 460 g/mol. The first-order valence-corrected chi connectivity index (χ1v) is 12.0. The highest BCUT2D eigenvalue weighted by atomic mass is 16.6. The molecule has 1 unspecified atom stereocenters. The quantitative estimate of drug-likeness (QED) is 0.421. The van der Waals surface area contributed by atoms with Gasteiger partial charge in [-0.25, -0.2) is 5.43 Å². The number of carbonyl (C=O) groups is 2. The maximum atomic E-state index is 13.6. The number of rotatable bonds is 5. The lowest BCUT2D eigenvalue weighted by atomic mass is 9.93. The Bertz CT molecular complexity index is 1390. The Balaban J connectivity index is 1.35. The van der Waals surface area contributed by atoms with Gasteiger partial charge >= 0.3 is 0 Å². The van der Waals surface area contributed by atoms with Gasteiger partial charge in [0.15, 0.2) is 5.76 Å². The van der Waals surface area contributed by atoms with Crippen LogP contribution in [-0.2, 0) is 24.1 Å². The summed E-state index contributed by atoms with van der Waals surface area (Å²) in [7, 11) is 0. The number of nitrogens with one attached hydrogen (secondary N) is 1. The normalized spacial score (nSPS) is 17.6. The SMILES string of the molecule is Cc1c(C(=O)N2c3ccccc3CC2C)oc2c1/C(=N/NC(=O)Cc1ccc([N+](=O)[O-])cc1)CCC2. The fourth-order valence-corrected chi connectivity index (χ4v) is 5.06. The van der Waals surface area contributed by atoms with Gasteiger partial charge in [0.2, 0.25) is 5.91 Å². The molecule has 2 amide bonds. The smallest absolute Gasteiger partial charge is 0.294 e. The summed E-state index contributed by atoms with van der Waals surface area (Å²) >= 11 is 0. The number of anilines is 1. The molecule has 2 aliphatic rings. The molecule has 0 radical (unpaired) electrons. The van der Waals surface area contributed by atoms with Crippen LogP contribution in [0.3, 0.4) is 0 Å². The fraction of sp³-hybridized carbons (Fsp3) is 0.296. The van der Waals surface area contributed by atoms with Gasteiger partial charge in [0.1, 0.15) is 5.76 Å². The molecule has 184 valence electrons. The van der Waals surface area contributed by atoms with Gasteiger partial charge in [-0.15, -0.1) is 0 Å². The number of nitrogens with zero attached hydrogens (tertiary/aromatic N) is 3. The van der Waals surface area contributed by atoms with E-state index in [9.17, 15) is 19.7 Å². The first-order valence-electron chi connectivity index (χ1n) is 12.0. The standard InChI is InChI=1S/C27H26N4O5/c1-16-14-19-6-3-4-8-22(19)30(16)27(33)26-17(2)25-21(7-5-9-23(25)36-26)28-29-24(32)15-18-10-12-20(13-11-18)31(34)35/h3-4,6,8,10-13,16H,5,7,9,14-15H2,1-2H3,(H,29,32)/b28-21+. The van der Waals surface area contributed by atoms with Gasteiger partial charge in [-0.05, 0) is 50.3 Å². The summed E-state index contributed by atoms with van der Waals surface area (Å²) in [5.41, 5.74) is 7.48. The minimum absolute atomic E-state index is 0.0262. The topological polar surface area (TPSA) is 118 Å². The molecule has 1 N–H and O–H groups in total. The van der Waals surface area contributed by atoms with Gasteiger partial charge in [0, 0.05) is 41.4 Å². The van der Waals surface area contributed by atoms with Crippen LogP contribution in [-0.4, -0.2) is 28.5 Å². The number of para-hydroxylation sites is 1. The van der Waals surface area contributed by atoms with Gasteiger partial charge < -0.3 is 9.32 Å². The van der Waals surface area contributed by atoms with Crippen molar-refractivity contribution in [1.82, 2.24) is 5.43 Å². The van der Waals surface area contributed by atoms with Crippen molar-refractivity contribution < 1.29 is 18.9 Å². The van der Waals surface area contributed by atoms with Crippen LogP contribution in [0.2, 0.25) is 0 Å². The number of aryl methyl sites for hydroxylation is 1. The third-order valence-corrected chi connectivity index (χ3v) is 6.77. The van der Waals surface area contributed by atoms with Crippen LogP contribution in [0.1, 0.15) is 58.3 Å². The van der Waals surface area contributed by atoms with Gasteiger partial charge in [0.25, 0.3) is 11.6 Å².